The lowest BCUT2D eigenvalue weighted by Gasteiger charge is -1.99. The average Bonchev–Trinajstić information content (AvgIpc) is 2.85. The van der Waals surface area contributed by atoms with Crippen molar-refractivity contribution >= 4 is 11.9 Å². The smallest absolute Gasteiger partial charge is 0.303 e. The highest BCUT2D eigenvalue weighted by molar-refractivity contribution is 5.66. The average molecular weight is 296 g/mol. The van der Waals surface area contributed by atoms with Crippen molar-refractivity contribution < 1.29 is 24.2 Å². The van der Waals surface area contributed by atoms with Crippen LogP contribution in [0, 0.1) is 0 Å². The van der Waals surface area contributed by atoms with Crippen molar-refractivity contribution in [2.75, 3.05) is 0 Å². The van der Waals surface area contributed by atoms with Gasteiger partial charge in [0.05, 0.1) is 0 Å². The van der Waals surface area contributed by atoms with E-state index in [1.165, 1.54) is 0 Å². The molecule has 0 saturated heterocycles. The minimum absolute atomic E-state index is 0.236. The summed E-state index contributed by atoms with van der Waals surface area (Å²) >= 11 is 0. The second kappa shape index (κ2) is 10.0. The molecule has 0 atom stereocenters. The molecule has 0 spiro atoms. The Morgan fingerprint density at radius 2 is 1.19 bits per heavy atom. The maximum absolute atomic E-state index is 10.4. The van der Waals surface area contributed by atoms with E-state index in [4.69, 9.17) is 14.6 Å². The van der Waals surface area contributed by atoms with Gasteiger partial charge >= 0.3 is 11.9 Å². The van der Waals surface area contributed by atoms with Crippen molar-refractivity contribution in [1.82, 2.24) is 0 Å². The molecule has 0 unspecified atom stereocenters. The van der Waals surface area contributed by atoms with E-state index in [1.54, 1.807) is 0 Å². The van der Waals surface area contributed by atoms with Crippen molar-refractivity contribution in [2.45, 2.75) is 64.2 Å². The van der Waals surface area contributed by atoms with Gasteiger partial charge in [-0.05, 0) is 37.8 Å². The van der Waals surface area contributed by atoms with E-state index >= 15 is 0 Å². The highest BCUT2D eigenvalue weighted by Crippen LogP contribution is 2.15. The molecule has 0 aromatic carbocycles. The number of carbonyl (C=O) groups is 2. The first kappa shape index (κ1) is 17.3. The molecule has 0 amide bonds. The van der Waals surface area contributed by atoms with Crippen LogP contribution in [0.25, 0.3) is 0 Å². The molecule has 118 valence electrons. The van der Waals surface area contributed by atoms with Crippen LogP contribution >= 0.6 is 0 Å². The molecule has 1 aromatic heterocycles. The molecule has 5 heteroatoms. The molecule has 2 N–H and O–H groups in total. The summed E-state index contributed by atoms with van der Waals surface area (Å²) in [7, 11) is 0. The first-order valence-electron chi connectivity index (χ1n) is 7.59. The fourth-order valence-electron chi connectivity index (χ4n) is 2.20. The summed E-state index contributed by atoms with van der Waals surface area (Å²) in [5.74, 6) is 0.424. The van der Waals surface area contributed by atoms with Crippen molar-refractivity contribution in [1.29, 1.82) is 0 Å². The molecule has 5 nitrogen and oxygen atoms in total. The third kappa shape index (κ3) is 8.89. The molecular formula is C16H24O5. The van der Waals surface area contributed by atoms with Gasteiger partial charge < -0.3 is 14.6 Å². The van der Waals surface area contributed by atoms with E-state index < -0.39 is 11.9 Å². The van der Waals surface area contributed by atoms with Crippen molar-refractivity contribution in [3.05, 3.63) is 23.7 Å². The number of unbranched alkanes of at least 4 members (excludes halogenated alkanes) is 4. The number of aryl methyl sites for hydroxylation is 2. The van der Waals surface area contributed by atoms with Crippen molar-refractivity contribution in [2.24, 2.45) is 0 Å². The van der Waals surface area contributed by atoms with Crippen LogP contribution < -0.4 is 0 Å². The number of aliphatic carboxylic acids is 2. The summed E-state index contributed by atoms with van der Waals surface area (Å²) in [6.45, 7) is 0. The van der Waals surface area contributed by atoms with Gasteiger partial charge in [0, 0.05) is 25.7 Å². The molecule has 21 heavy (non-hydrogen) atoms. The fourth-order valence-corrected chi connectivity index (χ4v) is 2.20. The van der Waals surface area contributed by atoms with E-state index in [1.807, 2.05) is 12.1 Å². The Labute approximate surface area is 125 Å². The van der Waals surface area contributed by atoms with Gasteiger partial charge in [-0.1, -0.05) is 12.8 Å². The Morgan fingerprint density at radius 1 is 0.762 bits per heavy atom. The van der Waals surface area contributed by atoms with Crippen LogP contribution in [0.15, 0.2) is 16.5 Å². The van der Waals surface area contributed by atoms with Crippen LogP contribution in [0.1, 0.15) is 62.9 Å². The summed E-state index contributed by atoms with van der Waals surface area (Å²) in [5, 5.41) is 17.1. The van der Waals surface area contributed by atoms with Crippen LogP contribution in [-0.4, -0.2) is 22.2 Å². The second-order valence-corrected chi connectivity index (χ2v) is 5.28. The number of rotatable bonds is 12. The Hall–Kier alpha value is -1.78. The zero-order chi connectivity index (χ0) is 15.5. The lowest BCUT2D eigenvalue weighted by Crippen LogP contribution is -1.94. The van der Waals surface area contributed by atoms with Crippen LogP contribution in [0.4, 0.5) is 0 Å². The summed E-state index contributed by atoms with van der Waals surface area (Å²) in [6, 6.07) is 3.95. The third-order valence-corrected chi connectivity index (χ3v) is 3.34. The van der Waals surface area contributed by atoms with Crippen LogP contribution in [0.3, 0.4) is 0 Å². The third-order valence-electron chi connectivity index (χ3n) is 3.34. The predicted octanol–water partition coefficient (Wildman–Crippen LogP) is 3.65. The molecule has 0 aliphatic rings. The lowest BCUT2D eigenvalue weighted by molar-refractivity contribution is -0.138. The van der Waals surface area contributed by atoms with E-state index in [0.717, 1.165) is 50.0 Å². The van der Waals surface area contributed by atoms with Gasteiger partial charge in [0.2, 0.25) is 0 Å². The lowest BCUT2D eigenvalue weighted by atomic mass is 10.1. The first-order chi connectivity index (χ1) is 10.1. The Bertz CT molecular complexity index is 397. The Kier molecular flexibility index (Phi) is 8.24. The molecule has 1 aromatic rings. The van der Waals surface area contributed by atoms with Gasteiger partial charge in [0.1, 0.15) is 11.5 Å². The summed E-state index contributed by atoms with van der Waals surface area (Å²) < 4.78 is 5.71. The number of carboxylic acids is 2. The number of carboxylic acid groups (broad SMARTS) is 2. The minimum atomic E-state index is -0.738. The Balaban J connectivity index is 2.09. The zero-order valence-electron chi connectivity index (χ0n) is 12.3. The van der Waals surface area contributed by atoms with Gasteiger partial charge in [0.15, 0.2) is 0 Å². The molecule has 0 aliphatic heterocycles. The minimum Gasteiger partial charge on any atom is -0.481 e. The van der Waals surface area contributed by atoms with Crippen LogP contribution in [-0.2, 0) is 22.4 Å². The van der Waals surface area contributed by atoms with Gasteiger partial charge in [0.25, 0.3) is 0 Å². The van der Waals surface area contributed by atoms with E-state index in [-0.39, 0.29) is 12.8 Å². The summed E-state index contributed by atoms with van der Waals surface area (Å²) in [4.78, 5) is 20.7. The molecule has 0 fully saturated rings. The van der Waals surface area contributed by atoms with Gasteiger partial charge in [-0.25, -0.2) is 0 Å². The first-order valence-corrected chi connectivity index (χ1v) is 7.59. The van der Waals surface area contributed by atoms with E-state index in [0.29, 0.717) is 12.8 Å². The van der Waals surface area contributed by atoms with Gasteiger partial charge in [-0.2, -0.15) is 0 Å². The van der Waals surface area contributed by atoms with Crippen molar-refractivity contribution in [3.8, 4) is 0 Å². The number of hydrogen-bond acceptors (Lipinski definition) is 3. The molecule has 0 saturated carbocycles. The van der Waals surface area contributed by atoms with Crippen LogP contribution in [0.2, 0.25) is 0 Å². The largest absolute Gasteiger partial charge is 0.481 e. The quantitative estimate of drug-likeness (QED) is 0.575. The molecule has 0 radical (unpaired) electrons. The number of hydrogen-bond donors (Lipinski definition) is 2. The SMILES string of the molecule is O=C(O)CCCCCc1ccc(CCCCCC(=O)O)o1. The van der Waals surface area contributed by atoms with Crippen LogP contribution in [0.5, 0.6) is 0 Å². The maximum atomic E-state index is 10.4. The Morgan fingerprint density at radius 3 is 1.57 bits per heavy atom. The topological polar surface area (TPSA) is 87.7 Å². The highest BCUT2D eigenvalue weighted by atomic mass is 16.4. The molecular weight excluding hydrogens is 272 g/mol. The van der Waals surface area contributed by atoms with Gasteiger partial charge in [-0.3, -0.25) is 9.59 Å². The zero-order valence-corrected chi connectivity index (χ0v) is 12.3. The van der Waals surface area contributed by atoms with E-state index in [9.17, 15) is 9.59 Å². The van der Waals surface area contributed by atoms with E-state index in [2.05, 4.69) is 0 Å². The molecule has 1 heterocycles. The summed E-state index contributed by atoms with van der Waals surface area (Å²) in [5.41, 5.74) is 0. The summed E-state index contributed by atoms with van der Waals surface area (Å²) in [6.07, 6.45) is 7.28. The van der Waals surface area contributed by atoms with Gasteiger partial charge in [-0.15, -0.1) is 0 Å². The van der Waals surface area contributed by atoms with Crippen molar-refractivity contribution in [3.63, 3.8) is 0 Å². The second-order valence-electron chi connectivity index (χ2n) is 5.28. The standard InChI is InChI=1S/C16H24O5/c17-15(18)9-5-1-3-7-13-11-12-14(21-13)8-4-2-6-10-16(19)20/h11-12H,1-10H2,(H,17,18)(H,19,20). The molecule has 1 rings (SSSR count). The highest BCUT2D eigenvalue weighted by Gasteiger charge is 2.04. The fraction of sp³-hybridized carbons (Fsp3) is 0.625. The normalized spacial score (nSPS) is 10.7. The number of furan rings is 1. The predicted molar refractivity (Wildman–Crippen MR) is 78.3 cm³/mol. The molecule has 0 aliphatic carbocycles. The monoisotopic (exact) mass is 296 g/mol. The molecule has 0 bridgehead atoms. The maximum Gasteiger partial charge on any atom is 0.303 e.